The SMILES string of the molecule is O=C(CSc1nnc(-c2cccnc2)n1Cc1ccccc1)Nc1cccc2nsnc12. The van der Waals surface area contributed by atoms with Gasteiger partial charge < -0.3 is 5.32 Å². The topological polar surface area (TPSA) is 98.5 Å². The lowest BCUT2D eigenvalue weighted by molar-refractivity contribution is -0.113. The molecule has 8 nitrogen and oxygen atoms in total. The summed E-state index contributed by atoms with van der Waals surface area (Å²) in [6.07, 6.45) is 3.48. The first-order chi connectivity index (χ1) is 15.8. The van der Waals surface area contributed by atoms with Crippen molar-refractivity contribution in [3.05, 3.63) is 78.6 Å². The second kappa shape index (κ2) is 9.25. The van der Waals surface area contributed by atoms with Crippen molar-refractivity contribution in [3.8, 4) is 11.4 Å². The Morgan fingerprint density at radius 3 is 2.75 bits per heavy atom. The minimum absolute atomic E-state index is 0.146. The second-order valence-corrected chi connectivity index (χ2v) is 8.36. The zero-order valence-electron chi connectivity index (χ0n) is 16.8. The Labute approximate surface area is 192 Å². The summed E-state index contributed by atoms with van der Waals surface area (Å²) < 4.78 is 10.5. The number of thioether (sulfide) groups is 1. The van der Waals surface area contributed by atoms with Gasteiger partial charge in [0, 0.05) is 18.0 Å². The molecule has 1 amide bonds. The van der Waals surface area contributed by atoms with E-state index >= 15 is 0 Å². The molecule has 5 aromatic rings. The third kappa shape index (κ3) is 4.36. The van der Waals surface area contributed by atoms with Gasteiger partial charge in [0.1, 0.15) is 11.0 Å². The number of hydrogen-bond donors (Lipinski definition) is 1. The number of nitrogens with one attached hydrogen (secondary N) is 1. The van der Waals surface area contributed by atoms with Crippen LogP contribution >= 0.6 is 23.5 Å². The van der Waals surface area contributed by atoms with Crippen molar-refractivity contribution in [2.24, 2.45) is 0 Å². The van der Waals surface area contributed by atoms with Gasteiger partial charge in [-0.2, -0.15) is 8.75 Å². The van der Waals surface area contributed by atoms with Gasteiger partial charge in [-0.15, -0.1) is 10.2 Å². The third-order valence-electron chi connectivity index (χ3n) is 4.71. The number of aromatic nitrogens is 6. The molecule has 10 heteroatoms. The quantitative estimate of drug-likeness (QED) is 0.366. The highest BCUT2D eigenvalue weighted by atomic mass is 32.2. The highest BCUT2D eigenvalue weighted by Crippen LogP contribution is 2.26. The first kappa shape index (κ1) is 20.3. The highest BCUT2D eigenvalue weighted by molar-refractivity contribution is 7.99. The van der Waals surface area contributed by atoms with Gasteiger partial charge in [-0.1, -0.05) is 48.2 Å². The van der Waals surface area contributed by atoms with Crippen molar-refractivity contribution in [1.82, 2.24) is 28.5 Å². The number of rotatable bonds is 7. The number of carbonyl (C=O) groups is 1. The Hall–Kier alpha value is -3.63. The summed E-state index contributed by atoms with van der Waals surface area (Å²) in [5.74, 6) is 0.754. The van der Waals surface area contributed by atoms with Gasteiger partial charge in [0.2, 0.25) is 5.91 Å². The van der Waals surface area contributed by atoms with E-state index in [9.17, 15) is 4.79 Å². The van der Waals surface area contributed by atoms with Gasteiger partial charge in [-0.3, -0.25) is 14.3 Å². The van der Waals surface area contributed by atoms with Crippen LogP contribution in [-0.2, 0) is 11.3 Å². The Morgan fingerprint density at radius 2 is 1.91 bits per heavy atom. The van der Waals surface area contributed by atoms with E-state index in [-0.39, 0.29) is 11.7 Å². The van der Waals surface area contributed by atoms with Crippen LogP contribution in [0.15, 0.2) is 78.2 Å². The molecule has 5 rings (SSSR count). The van der Waals surface area contributed by atoms with Crippen LogP contribution in [-0.4, -0.2) is 40.2 Å². The predicted molar refractivity (Wildman–Crippen MR) is 126 cm³/mol. The number of benzene rings is 2. The molecule has 1 N–H and O–H groups in total. The number of amides is 1. The van der Waals surface area contributed by atoms with Gasteiger partial charge >= 0.3 is 0 Å². The fourth-order valence-electron chi connectivity index (χ4n) is 3.24. The van der Waals surface area contributed by atoms with Gasteiger partial charge in [-0.05, 0) is 29.8 Å². The van der Waals surface area contributed by atoms with Gasteiger partial charge in [0.05, 0.1) is 29.7 Å². The first-order valence-electron chi connectivity index (χ1n) is 9.79. The number of hydrogen-bond acceptors (Lipinski definition) is 8. The molecule has 3 aromatic heterocycles. The maximum atomic E-state index is 12.7. The molecule has 0 fully saturated rings. The van der Waals surface area contributed by atoms with E-state index in [4.69, 9.17) is 0 Å². The minimum Gasteiger partial charge on any atom is -0.323 e. The van der Waals surface area contributed by atoms with Gasteiger partial charge in [0.25, 0.3) is 0 Å². The molecular weight excluding hydrogens is 442 g/mol. The summed E-state index contributed by atoms with van der Waals surface area (Å²) in [4.78, 5) is 16.9. The van der Waals surface area contributed by atoms with Crippen LogP contribution in [0, 0.1) is 0 Å². The van der Waals surface area contributed by atoms with Crippen molar-refractivity contribution >= 4 is 46.1 Å². The summed E-state index contributed by atoms with van der Waals surface area (Å²) >= 11 is 2.46. The summed E-state index contributed by atoms with van der Waals surface area (Å²) in [6, 6.07) is 19.4. The fraction of sp³-hybridized carbons (Fsp3) is 0.0909. The first-order valence-corrected chi connectivity index (χ1v) is 11.5. The van der Waals surface area contributed by atoms with Crippen LogP contribution in [0.1, 0.15) is 5.56 Å². The highest BCUT2D eigenvalue weighted by Gasteiger charge is 2.17. The van der Waals surface area contributed by atoms with E-state index in [1.807, 2.05) is 53.1 Å². The van der Waals surface area contributed by atoms with Crippen LogP contribution in [0.3, 0.4) is 0 Å². The number of pyridine rings is 1. The lowest BCUT2D eigenvalue weighted by Gasteiger charge is -2.10. The molecular formula is C22H17N7OS2. The van der Waals surface area contributed by atoms with Crippen molar-refractivity contribution in [2.45, 2.75) is 11.7 Å². The molecule has 0 aliphatic rings. The average Bonchev–Trinajstić information content (AvgIpc) is 3.47. The molecule has 32 heavy (non-hydrogen) atoms. The Bertz CT molecular complexity index is 1350. The maximum Gasteiger partial charge on any atom is 0.234 e. The molecule has 158 valence electrons. The molecule has 0 saturated carbocycles. The Kier molecular flexibility index (Phi) is 5.86. The second-order valence-electron chi connectivity index (χ2n) is 6.89. The van der Waals surface area contributed by atoms with E-state index in [2.05, 4.69) is 41.4 Å². The molecule has 0 bridgehead atoms. The van der Waals surface area contributed by atoms with Crippen molar-refractivity contribution in [1.29, 1.82) is 0 Å². The Morgan fingerprint density at radius 1 is 1.00 bits per heavy atom. The van der Waals surface area contributed by atoms with Crippen molar-refractivity contribution in [2.75, 3.05) is 11.1 Å². The standard InChI is InChI=1S/C22H17N7OS2/c30-19(24-17-9-4-10-18-20(17)28-32-27-18)14-31-22-26-25-21(16-8-5-11-23-12-16)29(22)13-15-6-2-1-3-7-15/h1-12H,13-14H2,(H,24,30). The molecule has 0 unspecified atom stereocenters. The van der Waals surface area contributed by atoms with Crippen LogP contribution in [0.4, 0.5) is 5.69 Å². The summed E-state index contributed by atoms with van der Waals surface area (Å²) in [7, 11) is 0. The summed E-state index contributed by atoms with van der Waals surface area (Å²) in [5.41, 5.74) is 4.11. The minimum atomic E-state index is -0.146. The van der Waals surface area contributed by atoms with Crippen molar-refractivity contribution < 1.29 is 4.79 Å². The number of carbonyl (C=O) groups excluding carboxylic acids is 1. The fourth-order valence-corrected chi connectivity index (χ4v) is 4.52. The number of anilines is 1. The largest absolute Gasteiger partial charge is 0.323 e. The zero-order valence-corrected chi connectivity index (χ0v) is 18.4. The van der Waals surface area contributed by atoms with E-state index in [1.165, 1.54) is 11.8 Å². The van der Waals surface area contributed by atoms with Crippen LogP contribution in [0.25, 0.3) is 22.4 Å². The Balaban J connectivity index is 1.36. The zero-order chi connectivity index (χ0) is 21.8. The lowest BCUT2D eigenvalue weighted by atomic mass is 10.2. The molecule has 3 heterocycles. The molecule has 0 atom stereocenters. The molecule has 0 aliphatic heterocycles. The average molecular weight is 460 g/mol. The molecule has 0 radical (unpaired) electrons. The normalized spacial score (nSPS) is 11.0. The van der Waals surface area contributed by atoms with E-state index < -0.39 is 0 Å². The van der Waals surface area contributed by atoms with Crippen LogP contribution < -0.4 is 5.32 Å². The van der Waals surface area contributed by atoms with E-state index in [1.54, 1.807) is 12.4 Å². The van der Waals surface area contributed by atoms with Crippen LogP contribution in [0.5, 0.6) is 0 Å². The lowest BCUT2D eigenvalue weighted by Crippen LogP contribution is -2.15. The maximum absolute atomic E-state index is 12.7. The monoisotopic (exact) mass is 459 g/mol. The van der Waals surface area contributed by atoms with Crippen LogP contribution in [0.2, 0.25) is 0 Å². The summed E-state index contributed by atoms with van der Waals surface area (Å²) in [6.45, 7) is 0.589. The summed E-state index contributed by atoms with van der Waals surface area (Å²) in [5, 5.41) is 12.3. The number of fused-ring (bicyclic) bond motifs is 1. The molecule has 0 saturated heterocycles. The molecule has 0 spiro atoms. The van der Waals surface area contributed by atoms with Crippen molar-refractivity contribution in [3.63, 3.8) is 0 Å². The predicted octanol–water partition coefficient (Wildman–Crippen LogP) is 4.12. The van der Waals surface area contributed by atoms with E-state index in [0.29, 0.717) is 28.7 Å². The molecule has 2 aromatic carbocycles. The van der Waals surface area contributed by atoms with Gasteiger partial charge in [-0.25, -0.2) is 0 Å². The number of nitrogens with zero attached hydrogens (tertiary/aromatic N) is 6. The molecule has 0 aliphatic carbocycles. The van der Waals surface area contributed by atoms with Gasteiger partial charge in [0.15, 0.2) is 11.0 Å². The third-order valence-corrected chi connectivity index (χ3v) is 6.22. The van der Waals surface area contributed by atoms with E-state index in [0.717, 1.165) is 28.4 Å². The smallest absolute Gasteiger partial charge is 0.234 e.